The molecule has 1 unspecified atom stereocenters. The van der Waals surface area contributed by atoms with Crippen molar-refractivity contribution in [2.45, 2.75) is 12.8 Å². The Morgan fingerprint density at radius 1 is 1.38 bits per heavy atom. The summed E-state index contributed by atoms with van der Waals surface area (Å²) >= 11 is 0. The minimum atomic E-state index is -1.82. The first-order valence-electron chi connectivity index (χ1n) is 9.90. The Morgan fingerprint density at radius 2 is 2.24 bits per heavy atom. The Hall–Kier alpha value is -2.76. The number of hydrogen-bond acceptors (Lipinski definition) is 5. The van der Waals surface area contributed by atoms with Gasteiger partial charge in [-0.3, -0.25) is 9.59 Å². The molecule has 0 aliphatic heterocycles. The van der Waals surface area contributed by atoms with Crippen molar-refractivity contribution in [2.75, 3.05) is 0 Å². The van der Waals surface area contributed by atoms with Gasteiger partial charge in [-0.05, 0) is 23.7 Å². The molecule has 0 bridgehead atoms. The second kappa shape index (κ2) is 6.13. The first-order valence-corrected chi connectivity index (χ1v) is 5.50. The Morgan fingerprint density at radius 3 is 3.00 bits per heavy atom. The maximum absolute atomic E-state index is 14.1. The van der Waals surface area contributed by atoms with E-state index in [0.29, 0.717) is 0 Å². The minimum Gasteiger partial charge on any atom is -0.506 e. The third-order valence-electron chi connectivity index (χ3n) is 2.30. The van der Waals surface area contributed by atoms with Crippen LogP contribution in [0.5, 0.6) is 5.75 Å². The highest BCUT2D eigenvalue weighted by atomic mass is 19.1. The summed E-state index contributed by atoms with van der Waals surface area (Å²) in [6, 6.07) is -4.71. The van der Waals surface area contributed by atoms with Crippen LogP contribution in [0.4, 0.5) is 4.39 Å². The van der Waals surface area contributed by atoms with E-state index in [9.17, 15) is 14.0 Å². The second-order valence-corrected chi connectivity index (χ2v) is 3.74. The lowest BCUT2D eigenvalue weighted by atomic mass is 10.1. The van der Waals surface area contributed by atoms with Gasteiger partial charge in [-0.15, -0.1) is 0 Å². The van der Waals surface area contributed by atoms with Gasteiger partial charge in [0.05, 0.1) is 14.6 Å². The fourth-order valence-corrected chi connectivity index (χ4v) is 1.39. The summed E-state index contributed by atoms with van der Waals surface area (Å²) in [6.45, 7) is 0. The van der Waals surface area contributed by atoms with Crippen LogP contribution in [0.2, 0.25) is 0 Å². The van der Waals surface area contributed by atoms with Crippen molar-refractivity contribution < 1.29 is 33.8 Å². The standard InChI is InChI=1S/C15H12FNO4/c16-11-3-1-2-9(6-11)10-7-13(19)15(17-8-10)12(18)4-5-14(20)21/h1-3,6-8,19H,4-5H2,(H,20,21)/i1D,2D,3D,5D,6D,7D,8D/hD2. The van der Waals surface area contributed by atoms with Crippen LogP contribution >= 0.6 is 0 Å². The largest absolute Gasteiger partial charge is 0.506 e. The van der Waals surface area contributed by atoms with E-state index in [0.717, 1.165) is 0 Å². The number of halogens is 1. The zero-order chi connectivity index (χ0) is 22.9. The number of Topliss-reactive ketones (excluding diaryl/α,β-unsaturated/α-hetero) is 1. The van der Waals surface area contributed by atoms with Gasteiger partial charge in [0, 0.05) is 19.5 Å². The minimum absolute atomic E-state index is 0.677. The lowest BCUT2D eigenvalue weighted by molar-refractivity contribution is -0.136. The third kappa shape index (κ3) is 3.62. The molecule has 2 aromatic rings. The van der Waals surface area contributed by atoms with Gasteiger partial charge in [0.15, 0.2) is 5.78 Å². The number of hydrogen-bond donors (Lipinski definition) is 2. The van der Waals surface area contributed by atoms with Gasteiger partial charge < -0.3 is 10.2 Å². The molecular weight excluding hydrogens is 277 g/mol. The van der Waals surface area contributed by atoms with E-state index in [1.54, 1.807) is 0 Å². The number of aromatic nitrogens is 1. The highest BCUT2D eigenvalue weighted by molar-refractivity contribution is 5.98. The number of aromatic hydroxyl groups is 1. The van der Waals surface area contributed by atoms with Gasteiger partial charge in [0.1, 0.15) is 17.3 Å². The lowest BCUT2D eigenvalue weighted by Crippen LogP contribution is -2.06. The molecule has 1 aromatic heterocycles. The molecule has 1 aromatic carbocycles. The SMILES string of the molecule is [2H]OC(=O)C([2H])CC(=O)c1nc([2H])c(-c2c([2H])c([2H])c([2H])c(F)c2[2H])c([2H])c1O[2H]. The van der Waals surface area contributed by atoms with Crippen LogP contribution < -0.4 is 0 Å². The fourth-order valence-electron chi connectivity index (χ4n) is 1.39. The fraction of sp³-hybridized carbons (Fsp3) is 0.133. The number of benzene rings is 1. The molecule has 0 spiro atoms. The summed E-state index contributed by atoms with van der Waals surface area (Å²) in [7, 11) is 0. The molecule has 1 heterocycles. The third-order valence-corrected chi connectivity index (χ3v) is 2.30. The topological polar surface area (TPSA) is 87.5 Å². The van der Waals surface area contributed by atoms with Crippen molar-refractivity contribution in [2.24, 2.45) is 0 Å². The molecular formula is C15H12FNO4. The smallest absolute Gasteiger partial charge is 0.303 e. The van der Waals surface area contributed by atoms with E-state index in [4.69, 9.17) is 12.5 Å². The van der Waals surface area contributed by atoms with Gasteiger partial charge >= 0.3 is 5.97 Å². The molecule has 2 rings (SSSR count). The van der Waals surface area contributed by atoms with Crippen LogP contribution in [0.15, 0.2) is 36.4 Å². The van der Waals surface area contributed by atoms with Gasteiger partial charge in [-0.25, -0.2) is 9.37 Å². The Balaban J connectivity index is 2.71. The lowest BCUT2D eigenvalue weighted by Gasteiger charge is -2.06. The van der Waals surface area contributed by atoms with Crippen molar-refractivity contribution in [3.05, 3.63) is 47.9 Å². The van der Waals surface area contributed by atoms with Crippen LogP contribution in [0.25, 0.3) is 12.6 Å². The molecule has 108 valence electrons. The van der Waals surface area contributed by atoms with E-state index in [-0.39, 0.29) is 0 Å². The quantitative estimate of drug-likeness (QED) is 0.800. The number of carbonyl (C=O) groups is 2. The summed E-state index contributed by atoms with van der Waals surface area (Å²) in [5.74, 6) is -4.76. The van der Waals surface area contributed by atoms with E-state index >= 15 is 0 Å². The molecule has 5 nitrogen and oxygen atoms in total. The van der Waals surface area contributed by atoms with Gasteiger partial charge in [0.25, 0.3) is 2.86 Å². The van der Waals surface area contributed by atoms with Crippen molar-refractivity contribution in [3.63, 3.8) is 0 Å². The number of ketones is 1. The maximum atomic E-state index is 14.1. The van der Waals surface area contributed by atoms with E-state index < -0.39 is 89.3 Å². The molecule has 0 amide bonds. The van der Waals surface area contributed by atoms with Crippen molar-refractivity contribution in [3.8, 4) is 16.9 Å². The normalized spacial score (nSPS) is 17.5. The van der Waals surface area contributed by atoms with Crippen LogP contribution in [0.3, 0.4) is 0 Å². The zero-order valence-electron chi connectivity index (χ0n) is 19.2. The molecule has 0 fully saturated rings. The summed E-state index contributed by atoms with van der Waals surface area (Å²) in [5.41, 5.74) is -2.17. The Kier molecular flexibility index (Phi) is 1.98. The predicted octanol–water partition coefficient (Wildman–Crippen LogP) is 2.64. The number of aliphatic carboxylic acids is 1. The van der Waals surface area contributed by atoms with E-state index in [2.05, 4.69) is 15.2 Å². The molecule has 21 heavy (non-hydrogen) atoms. The molecule has 2 N–H and O–H groups in total. The molecule has 0 saturated heterocycles. The molecule has 0 saturated carbocycles. The number of carboxylic acids is 1. The maximum Gasteiger partial charge on any atom is 0.303 e. The van der Waals surface area contributed by atoms with E-state index in [1.807, 2.05) is 0 Å². The van der Waals surface area contributed by atoms with Crippen LogP contribution in [0, 0.1) is 5.82 Å². The molecule has 1 atom stereocenters. The van der Waals surface area contributed by atoms with Gasteiger partial charge in [-0.1, -0.05) is 12.1 Å². The summed E-state index contributed by atoms with van der Waals surface area (Å²) in [5, 5.41) is 7.81. The average molecular weight is 298 g/mol. The molecule has 0 aliphatic rings. The van der Waals surface area contributed by atoms with Crippen molar-refractivity contribution >= 4 is 11.8 Å². The van der Waals surface area contributed by atoms with Crippen molar-refractivity contribution in [1.82, 2.24) is 4.98 Å². The molecule has 0 radical (unpaired) electrons. The van der Waals surface area contributed by atoms with Crippen LogP contribution in [-0.4, -0.2) is 28.4 Å². The summed E-state index contributed by atoms with van der Waals surface area (Å²) < 4.78 is 81.9. The predicted molar refractivity (Wildman–Crippen MR) is 72.5 cm³/mol. The molecule has 0 aliphatic carbocycles. The Bertz CT molecular complexity index is 1020. The van der Waals surface area contributed by atoms with Gasteiger partial charge in [0.2, 0.25) is 0 Å². The second-order valence-electron chi connectivity index (χ2n) is 3.74. The number of rotatable bonds is 6. The van der Waals surface area contributed by atoms with Crippen LogP contribution in [0.1, 0.15) is 32.9 Å². The first kappa shape index (κ1) is 6.80. The number of nitrogens with zero attached hydrogens (tertiary/aromatic N) is 1. The number of pyridine rings is 1. The number of carboxylic acid groups (broad SMARTS) is 1. The zero-order valence-corrected chi connectivity index (χ0v) is 10.2. The van der Waals surface area contributed by atoms with E-state index in [1.165, 1.54) is 0 Å². The molecule has 6 heteroatoms. The number of carbonyl (C=O) groups excluding carboxylic acids is 1. The highest BCUT2D eigenvalue weighted by Crippen LogP contribution is 2.26. The average Bonchev–Trinajstić information content (AvgIpc) is 2.71. The first-order chi connectivity index (χ1) is 14.0. The van der Waals surface area contributed by atoms with Crippen molar-refractivity contribution in [1.29, 1.82) is 2.86 Å². The monoisotopic (exact) mass is 298 g/mol. The summed E-state index contributed by atoms with van der Waals surface area (Å²) in [4.78, 5) is 27.0. The van der Waals surface area contributed by atoms with Gasteiger partial charge in [-0.2, -0.15) is 0 Å². The Labute approximate surface area is 132 Å². The van der Waals surface area contributed by atoms with Crippen LogP contribution in [-0.2, 0) is 4.79 Å². The highest BCUT2D eigenvalue weighted by Gasteiger charge is 2.15. The summed E-state index contributed by atoms with van der Waals surface area (Å²) in [6.07, 6.45) is -3.58.